The lowest BCUT2D eigenvalue weighted by Crippen LogP contribution is -2.16. The zero-order valence-electron chi connectivity index (χ0n) is 14.3. The number of nitrogens with one attached hydrogen (secondary N) is 2. The molecule has 0 atom stereocenters. The second kappa shape index (κ2) is 7.09. The van der Waals surface area contributed by atoms with Gasteiger partial charge in [0.15, 0.2) is 0 Å². The molecule has 1 aromatic carbocycles. The SMILES string of the molecule is CCc1cc(=O)n2nc(NCCNc3ccc4ccccc4n3)sc2n1. The first-order valence-electron chi connectivity index (χ1n) is 8.46. The largest absolute Gasteiger partial charge is 0.368 e. The van der Waals surface area contributed by atoms with Gasteiger partial charge in [-0.05, 0) is 24.6 Å². The van der Waals surface area contributed by atoms with Gasteiger partial charge >= 0.3 is 0 Å². The van der Waals surface area contributed by atoms with Gasteiger partial charge in [-0.2, -0.15) is 4.52 Å². The Bertz CT molecular complexity index is 1120. The average Bonchev–Trinajstić information content (AvgIpc) is 3.08. The highest BCUT2D eigenvalue weighted by Gasteiger charge is 2.08. The number of benzene rings is 1. The molecule has 0 radical (unpaired) electrons. The zero-order chi connectivity index (χ0) is 17.9. The molecule has 0 fully saturated rings. The number of nitrogens with zero attached hydrogens (tertiary/aromatic N) is 4. The fraction of sp³-hybridized carbons (Fsp3) is 0.222. The molecule has 0 amide bonds. The summed E-state index contributed by atoms with van der Waals surface area (Å²) in [6, 6.07) is 13.6. The summed E-state index contributed by atoms with van der Waals surface area (Å²) < 4.78 is 1.34. The quantitative estimate of drug-likeness (QED) is 0.511. The second-order valence-corrected chi connectivity index (χ2v) is 6.74. The number of fused-ring (bicyclic) bond motifs is 2. The molecule has 0 bridgehead atoms. The third-order valence-corrected chi connectivity index (χ3v) is 4.83. The van der Waals surface area contributed by atoms with Gasteiger partial charge in [0.25, 0.3) is 5.56 Å². The van der Waals surface area contributed by atoms with Crippen LogP contribution >= 0.6 is 11.3 Å². The van der Waals surface area contributed by atoms with Crippen LogP contribution in [0.1, 0.15) is 12.6 Å². The lowest BCUT2D eigenvalue weighted by Gasteiger charge is -2.07. The van der Waals surface area contributed by atoms with Gasteiger partial charge in [0.05, 0.1) is 5.52 Å². The maximum atomic E-state index is 12.0. The minimum absolute atomic E-state index is 0.144. The summed E-state index contributed by atoms with van der Waals surface area (Å²) in [5.41, 5.74) is 1.61. The van der Waals surface area contributed by atoms with Gasteiger partial charge in [0, 0.05) is 30.2 Å². The van der Waals surface area contributed by atoms with Crippen molar-refractivity contribution in [3.8, 4) is 0 Å². The standard InChI is InChI=1S/C18H18N6OS/c1-2-13-11-16(25)24-18(21-13)26-17(23-24)20-10-9-19-15-8-7-12-5-3-4-6-14(12)22-15/h3-8,11H,2,9-10H2,1H3,(H,19,22)(H,20,23). The molecule has 3 heterocycles. The predicted octanol–water partition coefficient (Wildman–Crippen LogP) is 2.79. The van der Waals surface area contributed by atoms with Crippen molar-refractivity contribution in [2.45, 2.75) is 13.3 Å². The first-order chi connectivity index (χ1) is 12.7. The maximum absolute atomic E-state index is 12.0. The molecule has 0 aliphatic carbocycles. The van der Waals surface area contributed by atoms with Crippen LogP contribution in [0.5, 0.6) is 0 Å². The van der Waals surface area contributed by atoms with Gasteiger partial charge in [-0.1, -0.05) is 36.5 Å². The molecule has 2 N–H and O–H groups in total. The molecule has 4 rings (SSSR count). The Morgan fingerprint density at radius 2 is 1.92 bits per heavy atom. The molecule has 7 nitrogen and oxygen atoms in total. The highest BCUT2D eigenvalue weighted by Crippen LogP contribution is 2.17. The Morgan fingerprint density at radius 1 is 1.08 bits per heavy atom. The molecular formula is C18H18N6OS. The Hall–Kier alpha value is -3.00. The van der Waals surface area contributed by atoms with Gasteiger partial charge in [-0.3, -0.25) is 4.79 Å². The highest BCUT2D eigenvalue weighted by molar-refractivity contribution is 7.20. The summed E-state index contributed by atoms with van der Waals surface area (Å²) in [6.07, 6.45) is 0.731. The van der Waals surface area contributed by atoms with E-state index in [1.165, 1.54) is 21.9 Å². The summed E-state index contributed by atoms with van der Waals surface area (Å²) >= 11 is 1.38. The summed E-state index contributed by atoms with van der Waals surface area (Å²) in [5, 5.41) is 12.6. The molecule has 3 aromatic heterocycles. The molecule has 0 saturated carbocycles. The normalized spacial score (nSPS) is 11.1. The van der Waals surface area contributed by atoms with Crippen molar-refractivity contribution in [2.75, 3.05) is 23.7 Å². The van der Waals surface area contributed by atoms with E-state index in [0.717, 1.165) is 28.8 Å². The number of para-hydroxylation sites is 1. The van der Waals surface area contributed by atoms with E-state index in [-0.39, 0.29) is 5.56 Å². The molecular weight excluding hydrogens is 348 g/mol. The van der Waals surface area contributed by atoms with E-state index in [9.17, 15) is 4.79 Å². The van der Waals surface area contributed by atoms with Crippen LogP contribution in [0.3, 0.4) is 0 Å². The van der Waals surface area contributed by atoms with E-state index in [2.05, 4.69) is 31.8 Å². The molecule has 4 aromatic rings. The summed E-state index contributed by atoms with van der Waals surface area (Å²) in [5.74, 6) is 0.834. The van der Waals surface area contributed by atoms with Gasteiger partial charge < -0.3 is 10.6 Å². The Balaban J connectivity index is 1.39. The third-order valence-electron chi connectivity index (χ3n) is 3.97. The van der Waals surface area contributed by atoms with Crippen molar-refractivity contribution in [1.82, 2.24) is 19.6 Å². The highest BCUT2D eigenvalue weighted by atomic mass is 32.1. The predicted molar refractivity (Wildman–Crippen MR) is 105 cm³/mol. The fourth-order valence-electron chi connectivity index (χ4n) is 2.63. The summed E-state index contributed by atoms with van der Waals surface area (Å²) in [6.45, 7) is 3.32. The molecule has 132 valence electrons. The van der Waals surface area contributed by atoms with Crippen molar-refractivity contribution < 1.29 is 0 Å². The first-order valence-corrected chi connectivity index (χ1v) is 9.28. The summed E-state index contributed by atoms with van der Waals surface area (Å²) in [4.78, 5) is 21.6. The van der Waals surface area contributed by atoms with E-state index in [4.69, 9.17) is 0 Å². The number of hydrogen-bond donors (Lipinski definition) is 2. The average molecular weight is 366 g/mol. The van der Waals surface area contributed by atoms with E-state index in [0.29, 0.717) is 23.2 Å². The first kappa shape index (κ1) is 16.5. The van der Waals surface area contributed by atoms with Crippen molar-refractivity contribution in [2.24, 2.45) is 0 Å². The fourth-order valence-corrected chi connectivity index (χ4v) is 3.48. The van der Waals surface area contributed by atoms with Crippen LogP contribution in [0.4, 0.5) is 10.9 Å². The topological polar surface area (TPSA) is 84.2 Å². The van der Waals surface area contributed by atoms with E-state index >= 15 is 0 Å². The number of aromatic nitrogens is 4. The smallest absolute Gasteiger partial charge is 0.275 e. The van der Waals surface area contributed by atoms with Gasteiger partial charge in [-0.25, -0.2) is 9.97 Å². The van der Waals surface area contributed by atoms with Crippen LogP contribution < -0.4 is 16.2 Å². The number of aryl methyl sites for hydroxylation is 1. The molecule has 26 heavy (non-hydrogen) atoms. The molecule has 0 saturated heterocycles. The van der Waals surface area contributed by atoms with Crippen LogP contribution in [0.2, 0.25) is 0 Å². The minimum atomic E-state index is -0.144. The molecule has 0 aliphatic rings. The number of hydrogen-bond acceptors (Lipinski definition) is 7. The number of pyridine rings is 1. The molecule has 0 spiro atoms. The number of anilines is 2. The van der Waals surface area contributed by atoms with Crippen molar-refractivity contribution in [1.29, 1.82) is 0 Å². The van der Waals surface area contributed by atoms with Gasteiger partial charge in [0.2, 0.25) is 10.1 Å². The van der Waals surface area contributed by atoms with Crippen LogP contribution in [-0.4, -0.2) is 32.7 Å². The van der Waals surface area contributed by atoms with Crippen molar-refractivity contribution in [3.63, 3.8) is 0 Å². The minimum Gasteiger partial charge on any atom is -0.368 e. The van der Waals surface area contributed by atoms with Gasteiger partial charge in [-0.15, -0.1) is 5.10 Å². The van der Waals surface area contributed by atoms with Crippen LogP contribution in [0, 0.1) is 0 Å². The van der Waals surface area contributed by atoms with Gasteiger partial charge in [0.1, 0.15) is 5.82 Å². The van der Waals surface area contributed by atoms with E-state index in [1.54, 1.807) is 0 Å². The van der Waals surface area contributed by atoms with Crippen LogP contribution in [0.25, 0.3) is 15.9 Å². The third kappa shape index (κ3) is 3.36. The second-order valence-electron chi connectivity index (χ2n) is 5.78. The Labute approximate surface area is 153 Å². The summed E-state index contributed by atoms with van der Waals surface area (Å²) in [7, 11) is 0. The molecule has 0 aliphatic heterocycles. The maximum Gasteiger partial charge on any atom is 0.275 e. The van der Waals surface area contributed by atoms with E-state index in [1.807, 2.05) is 37.3 Å². The Kier molecular flexibility index (Phi) is 4.49. The van der Waals surface area contributed by atoms with Crippen LogP contribution in [0.15, 0.2) is 47.3 Å². The Morgan fingerprint density at radius 3 is 2.81 bits per heavy atom. The van der Waals surface area contributed by atoms with Crippen molar-refractivity contribution in [3.05, 3.63) is 58.5 Å². The molecule has 0 unspecified atom stereocenters. The monoisotopic (exact) mass is 366 g/mol. The molecule has 8 heteroatoms. The van der Waals surface area contributed by atoms with E-state index < -0.39 is 0 Å². The lowest BCUT2D eigenvalue weighted by molar-refractivity contribution is 0.874. The van der Waals surface area contributed by atoms with Crippen molar-refractivity contribution >= 4 is 38.2 Å². The lowest BCUT2D eigenvalue weighted by atomic mass is 10.2. The zero-order valence-corrected chi connectivity index (χ0v) is 15.1. The number of rotatable bonds is 6. The van der Waals surface area contributed by atoms with Crippen LogP contribution in [-0.2, 0) is 6.42 Å².